The van der Waals surface area contributed by atoms with Crippen LogP contribution in [-0.2, 0) is 12.6 Å². The van der Waals surface area contributed by atoms with Crippen LogP contribution in [0.15, 0.2) is 42.6 Å². The standard InChI is InChI=1S/C15H15F3N2/c1-10(19)12-5-6-14(20-9-12)8-11-3-2-4-13(7-11)15(16,17)18/h2-7,9-10H,8,19H2,1H3. The monoisotopic (exact) mass is 280 g/mol. The molecule has 0 amide bonds. The van der Waals surface area contributed by atoms with Gasteiger partial charge in [-0.15, -0.1) is 0 Å². The van der Waals surface area contributed by atoms with Gasteiger partial charge in [-0.1, -0.05) is 24.3 Å². The first-order chi connectivity index (χ1) is 9.36. The second kappa shape index (κ2) is 5.63. The summed E-state index contributed by atoms with van der Waals surface area (Å²) in [5.74, 6) is 0. The molecule has 0 saturated carbocycles. The van der Waals surface area contributed by atoms with Crippen molar-refractivity contribution in [3.8, 4) is 0 Å². The molecule has 0 aliphatic heterocycles. The molecule has 1 aromatic carbocycles. The molecule has 0 aliphatic carbocycles. The van der Waals surface area contributed by atoms with E-state index >= 15 is 0 Å². The van der Waals surface area contributed by atoms with Crippen LogP contribution in [0.5, 0.6) is 0 Å². The van der Waals surface area contributed by atoms with Crippen LogP contribution < -0.4 is 5.73 Å². The molecule has 2 rings (SSSR count). The molecule has 0 spiro atoms. The average molecular weight is 280 g/mol. The Bertz CT molecular complexity index is 574. The minimum absolute atomic E-state index is 0.106. The first-order valence-electron chi connectivity index (χ1n) is 6.23. The van der Waals surface area contributed by atoms with E-state index in [9.17, 15) is 13.2 Å². The number of nitrogens with zero attached hydrogens (tertiary/aromatic N) is 1. The van der Waals surface area contributed by atoms with Crippen LogP contribution in [0.2, 0.25) is 0 Å². The van der Waals surface area contributed by atoms with E-state index in [2.05, 4.69) is 4.98 Å². The summed E-state index contributed by atoms with van der Waals surface area (Å²) < 4.78 is 37.9. The van der Waals surface area contributed by atoms with Crippen molar-refractivity contribution in [3.63, 3.8) is 0 Å². The molecule has 0 aliphatic rings. The summed E-state index contributed by atoms with van der Waals surface area (Å²) in [5, 5.41) is 0. The zero-order valence-electron chi connectivity index (χ0n) is 11.0. The number of hydrogen-bond donors (Lipinski definition) is 1. The molecule has 1 heterocycles. The fraction of sp³-hybridized carbons (Fsp3) is 0.267. The van der Waals surface area contributed by atoms with Crippen LogP contribution in [0.1, 0.15) is 35.3 Å². The molecular weight excluding hydrogens is 265 g/mol. The second-order valence-corrected chi connectivity index (χ2v) is 4.75. The molecule has 0 bridgehead atoms. The Morgan fingerprint density at radius 3 is 2.50 bits per heavy atom. The van der Waals surface area contributed by atoms with Gasteiger partial charge in [0.15, 0.2) is 0 Å². The Morgan fingerprint density at radius 1 is 1.20 bits per heavy atom. The van der Waals surface area contributed by atoms with Gasteiger partial charge < -0.3 is 5.73 Å². The summed E-state index contributed by atoms with van der Waals surface area (Å²) in [6.07, 6.45) is -2.29. The van der Waals surface area contributed by atoms with Crippen molar-refractivity contribution in [2.75, 3.05) is 0 Å². The zero-order chi connectivity index (χ0) is 14.8. The van der Waals surface area contributed by atoms with Crippen LogP contribution in [0.3, 0.4) is 0 Å². The Morgan fingerprint density at radius 2 is 1.95 bits per heavy atom. The van der Waals surface area contributed by atoms with E-state index in [1.165, 1.54) is 6.07 Å². The molecule has 1 aromatic heterocycles. The van der Waals surface area contributed by atoms with Gasteiger partial charge in [-0.3, -0.25) is 4.98 Å². The van der Waals surface area contributed by atoms with Gasteiger partial charge >= 0.3 is 6.18 Å². The topological polar surface area (TPSA) is 38.9 Å². The third-order valence-electron chi connectivity index (χ3n) is 3.01. The van der Waals surface area contributed by atoms with Gasteiger partial charge in [-0.2, -0.15) is 13.2 Å². The Hall–Kier alpha value is -1.88. The maximum Gasteiger partial charge on any atom is 0.416 e. The van der Waals surface area contributed by atoms with Crippen molar-refractivity contribution >= 4 is 0 Å². The molecule has 1 atom stereocenters. The van der Waals surface area contributed by atoms with Crippen molar-refractivity contribution in [2.45, 2.75) is 25.6 Å². The van der Waals surface area contributed by atoms with Crippen molar-refractivity contribution < 1.29 is 13.2 Å². The van der Waals surface area contributed by atoms with Gasteiger partial charge in [0.2, 0.25) is 0 Å². The van der Waals surface area contributed by atoms with Crippen LogP contribution in [0, 0.1) is 0 Å². The molecule has 106 valence electrons. The molecular formula is C15H15F3N2. The number of aromatic nitrogens is 1. The quantitative estimate of drug-likeness (QED) is 0.930. The molecule has 0 saturated heterocycles. The fourth-order valence-electron chi connectivity index (χ4n) is 1.88. The maximum atomic E-state index is 12.6. The smallest absolute Gasteiger partial charge is 0.324 e. The van der Waals surface area contributed by atoms with Gasteiger partial charge in [0, 0.05) is 24.4 Å². The third-order valence-corrected chi connectivity index (χ3v) is 3.01. The SMILES string of the molecule is CC(N)c1ccc(Cc2cccc(C(F)(F)F)c2)nc1. The molecule has 2 aromatic rings. The van der Waals surface area contributed by atoms with E-state index < -0.39 is 11.7 Å². The predicted octanol–water partition coefficient (Wildman–Crippen LogP) is 3.71. The highest BCUT2D eigenvalue weighted by Crippen LogP contribution is 2.29. The Labute approximate surface area is 115 Å². The molecule has 2 N–H and O–H groups in total. The number of alkyl halides is 3. The van der Waals surface area contributed by atoms with Crippen LogP contribution >= 0.6 is 0 Å². The van der Waals surface area contributed by atoms with E-state index in [0.29, 0.717) is 17.7 Å². The van der Waals surface area contributed by atoms with E-state index in [0.717, 1.165) is 17.7 Å². The lowest BCUT2D eigenvalue weighted by molar-refractivity contribution is -0.137. The van der Waals surface area contributed by atoms with E-state index in [1.54, 1.807) is 18.3 Å². The summed E-state index contributed by atoms with van der Waals surface area (Å²) in [7, 11) is 0. The number of nitrogens with two attached hydrogens (primary N) is 1. The largest absolute Gasteiger partial charge is 0.416 e. The minimum atomic E-state index is -4.32. The highest BCUT2D eigenvalue weighted by molar-refractivity contribution is 5.29. The lowest BCUT2D eigenvalue weighted by Gasteiger charge is -2.09. The summed E-state index contributed by atoms with van der Waals surface area (Å²) in [6.45, 7) is 1.85. The molecule has 1 unspecified atom stereocenters. The lowest BCUT2D eigenvalue weighted by Crippen LogP contribution is -2.06. The molecule has 2 nitrogen and oxygen atoms in total. The number of pyridine rings is 1. The molecule has 5 heteroatoms. The minimum Gasteiger partial charge on any atom is -0.324 e. The first-order valence-corrected chi connectivity index (χ1v) is 6.23. The van der Waals surface area contributed by atoms with Crippen LogP contribution in [0.4, 0.5) is 13.2 Å². The number of hydrogen-bond acceptors (Lipinski definition) is 2. The normalized spacial score (nSPS) is 13.2. The van der Waals surface area contributed by atoms with E-state index in [4.69, 9.17) is 5.73 Å². The summed E-state index contributed by atoms with van der Waals surface area (Å²) in [6, 6.07) is 8.83. The second-order valence-electron chi connectivity index (χ2n) is 4.75. The van der Waals surface area contributed by atoms with Crippen molar-refractivity contribution in [1.29, 1.82) is 0 Å². The summed E-state index contributed by atoms with van der Waals surface area (Å²) in [4.78, 5) is 4.23. The van der Waals surface area contributed by atoms with Gasteiger partial charge in [-0.05, 0) is 30.2 Å². The first kappa shape index (κ1) is 14.5. The van der Waals surface area contributed by atoms with Gasteiger partial charge in [-0.25, -0.2) is 0 Å². The Balaban J connectivity index is 2.18. The van der Waals surface area contributed by atoms with Gasteiger partial charge in [0.1, 0.15) is 0 Å². The zero-order valence-corrected chi connectivity index (χ0v) is 11.0. The summed E-state index contributed by atoms with van der Waals surface area (Å²) >= 11 is 0. The highest BCUT2D eigenvalue weighted by atomic mass is 19.4. The van der Waals surface area contributed by atoms with Crippen molar-refractivity contribution in [1.82, 2.24) is 4.98 Å². The predicted molar refractivity (Wildman–Crippen MR) is 71.1 cm³/mol. The van der Waals surface area contributed by atoms with Gasteiger partial charge in [0.25, 0.3) is 0 Å². The fourth-order valence-corrected chi connectivity index (χ4v) is 1.88. The van der Waals surface area contributed by atoms with Crippen molar-refractivity contribution in [2.24, 2.45) is 5.73 Å². The molecule has 20 heavy (non-hydrogen) atoms. The van der Waals surface area contributed by atoms with E-state index in [-0.39, 0.29) is 6.04 Å². The Kier molecular flexibility index (Phi) is 4.09. The van der Waals surface area contributed by atoms with Gasteiger partial charge in [0.05, 0.1) is 5.56 Å². The third kappa shape index (κ3) is 3.57. The number of halogens is 3. The van der Waals surface area contributed by atoms with Crippen molar-refractivity contribution in [3.05, 3.63) is 65.0 Å². The highest BCUT2D eigenvalue weighted by Gasteiger charge is 2.30. The van der Waals surface area contributed by atoms with Crippen LogP contribution in [0.25, 0.3) is 0 Å². The maximum absolute atomic E-state index is 12.6. The van der Waals surface area contributed by atoms with Crippen LogP contribution in [-0.4, -0.2) is 4.98 Å². The summed E-state index contributed by atoms with van der Waals surface area (Å²) in [5.41, 5.74) is 7.28. The average Bonchev–Trinajstić information content (AvgIpc) is 2.38. The number of rotatable bonds is 3. The van der Waals surface area contributed by atoms with E-state index in [1.807, 2.05) is 13.0 Å². The molecule has 0 radical (unpaired) electrons. The molecule has 0 fully saturated rings. The number of benzene rings is 1. The lowest BCUT2D eigenvalue weighted by atomic mass is 10.0.